The lowest BCUT2D eigenvalue weighted by atomic mass is 10.1. The van der Waals surface area contributed by atoms with Crippen LogP contribution in [0, 0.1) is 0 Å². The van der Waals surface area contributed by atoms with E-state index in [2.05, 4.69) is 4.72 Å². The maximum absolute atomic E-state index is 12.3. The summed E-state index contributed by atoms with van der Waals surface area (Å²) in [5.74, 6) is 0. The van der Waals surface area contributed by atoms with Crippen molar-refractivity contribution in [1.29, 1.82) is 0 Å². The molecular weight excluding hydrogens is 338 g/mol. The molecule has 21 heavy (non-hydrogen) atoms. The van der Waals surface area contributed by atoms with Gasteiger partial charge in [0.1, 0.15) is 0 Å². The quantitative estimate of drug-likeness (QED) is 0.828. The number of rotatable bonds is 4. The van der Waals surface area contributed by atoms with Gasteiger partial charge in [-0.1, -0.05) is 6.07 Å². The Bertz CT molecular complexity index is 717. The van der Waals surface area contributed by atoms with Gasteiger partial charge in [-0.25, -0.2) is 21.6 Å². The molecule has 0 amide bonds. The lowest BCUT2D eigenvalue weighted by molar-refractivity contribution is 0.0173. The van der Waals surface area contributed by atoms with E-state index in [0.29, 0.717) is 19.4 Å². The molecule has 0 spiro atoms. The van der Waals surface area contributed by atoms with Crippen LogP contribution < -0.4 is 4.72 Å². The molecule has 9 heteroatoms. The van der Waals surface area contributed by atoms with Crippen molar-refractivity contribution in [2.75, 3.05) is 6.61 Å². The molecule has 0 aromatic heterocycles. The molecule has 2 rings (SSSR count). The Morgan fingerprint density at radius 1 is 1.24 bits per heavy atom. The van der Waals surface area contributed by atoms with E-state index in [-0.39, 0.29) is 21.9 Å². The van der Waals surface area contributed by atoms with Crippen molar-refractivity contribution < 1.29 is 21.6 Å². The minimum atomic E-state index is -3.97. The van der Waals surface area contributed by atoms with Gasteiger partial charge in [-0.15, -0.1) is 0 Å². The van der Waals surface area contributed by atoms with Crippen molar-refractivity contribution in [3.63, 3.8) is 0 Å². The second-order valence-electron chi connectivity index (χ2n) is 4.94. The molecule has 6 nitrogen and oxygen atoms in total. The van der Waals surface area contributed by atoms with Crippen molar-refractivity contribution in [3.8, 4) is 0 Å². The predicted octanol–water partition coefficient (Wildman–Crippen LogP) is 1.46. The van der Waals surface area contributed by atoms with Gasteiger partial charge in [-0.05, 0) is 38.0 Å². The summed E-state index contributed by atoms with van der Waals surface area (Å²) in [5.41, 5.74) is 0. The van der Waals surface area contributed by atoms with Gasteiger partial charge in [0.05, 0.1) is 15.9 Å². The van der Waals surface area contributed by atoms with Crippen LogP contribution in [-0.4, -0.2) is 35.6 Å². The Morgan fingerprint density at radius 2 is 1.90 bits per heavy atom. The summed E-state index contributed by atoms with van der Waals surface area (Å²) < 4.78 is 55.1. The largest absolute Gasteiger partial charge is 0.378 e. The number of hydrogen-bond donors (Lipinski definition) is 1. The van der Waals surface area contributed by atoms with E-state index in [1.54, 1.807) is 0 Å². The Kier molecular flexibility index (Phi) is 4.94. The molecule has 1 saturated heterocycles. The summed E-state index contributed by atoms with van der Waals surface area (Å²) in [6.45, 7) is 2.37. The van der Waals surface area contributed by atoms with Crippen LogP contribution in [0.25, 0.3) is 0 Å². The second kappa shape index (κ2) is 6.21. The topological polar surface area (TPSA) is 89.5 Å². The molecule has 1 heterocycles. The lowest BCUT2D eigenvalue weighted by Crippen LogP contribution is -2.41. The maximum atomic E-state index is 12.3. The standard InChI is InChI=1S/C12H16ClNO5S2/c1-9-7-10(5-6-19-9)14-21(17,18)12-4-2-3-11(8-12)20(13,15)16/h2-4,8-10,14H,5-7H2,1H3. The number of halogens is 1. The van der Waals surface area contributed by atoms with Crippen molar-refractivity contribution >= 4 is 29.8 Å². The molecule has 1 fully saturated rings. The monoisotopic (exact) mass is 353 g/mol. The van der Waals surface area contributed by atoms with E-state index >= 15 is 0 Å². The van der Waals surface area contributed by atoms with E-state index in [1.165, 1.54) is 18.2 Å². The SMILES string of the molecule is CC1CC(NS(=O)(=O)c2cccc(S(=O)(=O)Cl)c2)CCO1. The van der Waals surface area contributed by atoms with Crippen LogP contribution in [0.15, 0.2) is 34.1 Å². The van der Waals surface area contributed by atoms with Crippen molar-refractivity contribution in [2.45, 2.75) is 41.7 Å². The fourth-order valence-electron chi connectivity index (χ4n) is 2.19. The molecule has 1 N–H and O–H groups in total. The van der Waals surface area contributed by atoms with Gasteiger partial charge in [0.15, 0.2) is 0 Å². The average Bonchev–Trinajstić information content (AvgIpc) is 2.37. The molecule has 1 aromatic rings. The number of sulfonamides is 1. The van der Waals surface area contributed by atoms with Crippen LogP contribution in [0.3, 0.4) is 0 Å². The molecule has 1 aromatic carbocycles. The summed E-state index contributed by atoms with van der Waals surface area (Å²) in [6, 6.07) is 4.74. The van der Waals surface area contributed by atoms with Gasteiger partial charge in [0.25, 0.3) is 9.05 Å². The highest BCUT2D eigenvalue weighted by molar-refractivity contribution is 8.13. The van der Waals surface area contributed by atoms with Gasteiger partial charge < -0.3 is 4.74 Å². The highest BCUT2D eigenvalue weighted by Crippen LogP contribution is 2.21. The smallest absolute Gasteiger partial charge is 0.261 e. The summed E-state index contributed by atoms with van der Waals surface area (Å²) in [5, 5.41) is 0. The zero-order chi connectivity index (χ0) is 15.7. The zero-order valence-corrected chi connectivity index (χ0v) is 13.7. The van der Waals surface area contributed by atoms with E-state index in [9.17, 15) is 16.8 Å². The average molecular weight is 354 g/mol. The second-order valence-corrected chi connectivity index (χ2v) is 9.22. The van der Waals surface area contributed by atoms with Crippen LogP contribution in [0.1, 0.15) is 19.8 Å². The van der Waals surface area contributed by atoms with Crippen LogP contribution in [0.5, 0.6) is 0 Å². The fraction of sp³-hybridized carbons (Fsp3) is 0.500. The number of ether oxygens (including phenoxy) is 1. The molecule has 1 aliphatic rings. The first-order chi connectivity index (χ1) is 9.68. The Balaban J connectivity index is 2.23. The fourth-order valence-corrected chi connectivity index (χ4v) is 4.39. The molecule has 118 valence electrons. The van der Waals surface area contributed by atoms with Crippen LogP contribution in [-0.2, 0) is 23.8 Å². The minimum absolute atomic E-state index is 0.0130. The third-order valence-corrected chi connectivity index (χ3v) is 6.07. The summed E-state index contributed by atoms with van der Waals surface area (Å²) in [4.78, 5) is -0.365. The third kappa shape index (κ3) is 4.40. The molecule has 1 aliphatic heterocycles. The van der Waals surface area contributed by atoms with E-state index in [0.717, 1.165) is 6.07 Å². The van der Waals surface area contributed by atoms with E-state index in [1.807, 2.05) is 6.92 Å². The first-order valence-corrected chi connectivity index (χ1v) is 10.2. The third-order valence-electron chi connectivity index (χ3n) is 3.20. The number of hydrogen-bond acceptors (Lipinski definition) is 5. The van der Waals surface area contributed by atoms with Gasteiger partial charge in [-0.2, -0.15) is 0 Å². The molecule has 0 saturated carbocycles. The Morgan fingerprint density at radius 3 is 2.52 bits per heavy atom. The van der Waals surface area contributed by atoms with Crippen molar-refractivity contribution in [1.82, 2.24) is 4.72 Å². The zero-order valence-electron chi connectivity index (χ0n) is 11.3. The van der Waals surface area contributed by atoms with Gasteiger partial charge in [0, 0.05) is 23.3 Å². The maximum Gasteiger partial charge on any atom is 0.261 e. The number of benzene rings is 1. The van der Waals surface area contributed by atoms with Crippen molar-refractivity contribution in [2.24, 2.45) is 0 Å². The molecule has 0 radical (unpaired) electrons. The summed E-state index contributed by atoms with van der Waals surface area (Å²) in [7, 11) is -2.53. The van der Waals surface area contributed by atoms with Gasteiger partial charge >= 0.3 is 0 Å². The first-order valence-electron chi connectivity index (χ1n) is 6.37. The Labute approximate surface area is 128 Å². The van der Waals surface area contributed by atoms with Gasteiger partial charge in [0.2, 0.25) is 10.0 Å². The molecule has 2 unspecified atom stereocenters. The normalized spacial score (nSPS) is 23.9. The lowest BCUT2D eigenvalue weighted by Gasteiger charge is -2.27. The number of nitrogens with one attached hydrogen (secondary N) is 1. The molecule has 0 bridgehead atoms. The van der Waals surface area contributed by atoms with E-state index in [4.69, 9.17) is 15.4 Å². The minimum Gasteiger partial charge on any atom is -0.378 e. The molecule has 0 aliphatic carbocycles. The van der Waals surface area contributed by atoms with Crippen LogP contribution in [0.2, 0.25) is 0 Å². The van der Waals surface area contributed by atoms with Gasteiger partial charge in [-0.3, -0.25) is 0 Å². The molecular formula is C12H16ClNO5S2. The Hall–Kier alpha value is -0.670. The summed E-state index contributed by atoms with van der Waals surface area (Å²) in [6.07, 6.45) is 1.14. The highest BCUT2D eigenvalue weighted by Gasteiger charge is 2.25. The first kappa shape index (κ1) is 16.7. The predicted molar refractivity (Wildman–Crippen MR) is 78.2 cm³/mol. The molecule has 2 atom stereocenters. The van der Waals surface area contributed by atoms with E-state index < -0.39 is 19.1 Å². The summed E-state index contributed by atoms with van der Waals surface area (Å²) >= 11 is 0. The van der Waals surface area contributed by atoms with Crippen LogP contribution in [0.4, 0.5) is 0 Å². The van der Waals surface area contributed by atoms with Crippen molar-refractivity contribution in [3.05, 3.63) is 24.3 Å². The van der Waals surface area contributed by atoms with Crippen LogP contribution >= 0.6 is 10.7 Å². The highest BCUT2D eigenvalue weighted by atomic mass is 35.7.